The molecule has 0 aliphatic heterocycles. The lowest BCUT2D eigenvalue weighted by atomic mass is 9.81. The van der Waals surface area contributed by atoms with E-state index in [1.54, 1.807) is 0 Å². The Bertz CT molecular complexity index is 1660. The summed E-state index contributed by atoms with van der Waals surface area (Å²) < 4.78 is 2.48. The number of hydrogen-bond donors (Lipinski definition) is 0. The zero-order valence-electron chi connectivity index (χ0n) is 20.6. The molecule has 0 N–H and O–H groups in total. The summed E-state index contributed by atoms with van der Waals surface area (Å²) in [6.07, 6.45) is 6.81. The standard InChI is InChI=1S/C34H29N/c1-22-13-16-26-27-17-14-23(20-31(27)34(2,3)30(26)19-22)24-15-18-29-28-11-7-8-12-32(28)35(33(29)21-24)25-9-5-4-6-10-25/h4-7,9-11,13-21H,8,12H2,1-3H3. The predicted molar refractivity (Wildman–Crippen MR) is 148 cm³/mol. The largest absolute Gasteiger partial charge is 0.313 e. The van der Waals surface area contributed by atoms with Crippen molar-refractivity contribution in [2.75, 3.05) is 0 Å². The van der Waals surface area contributed by atoms with E-state index in [9.17, 15) is 0 Å². The van der Waals surface area contributed by atoms with Crippen molar-refractivity contribution in [2.45, 2.75) is 39.0 Å². The molecule has 0 radical (unpaired) electrons. The number of rotatable bonds is 2. The van der Waals surface area contributed by atoms with Crippen molar-refractivity contribution in [2.24, 2.45) is 0 Å². The van der Waals surface area contributed by atoms with Crippen molar-refractivity contribution in [3.05, 3.63) is 119 Å². The summed E-state index contributed by atoms with van der Waals surface area (Å²) in [4.78, 5) is 0. The third-order valence-electron chi connectivity index (χ3n) is 8.12. The fraction of sp³-hybridized carbons (Fsp3) is 0.176. The van der Waals surface area contributed by atoms with Crippen LogP contribution in [0.1, 0.15) is 48.2 Å². The minimum absolute atomic E-state index is 0.00490. The summed E-state index contributed by atoms with van der Waals surface area (Å²) in [5.41, 5.74) is 14.9. The van der Waals surface area contributed by atoms with Crippen LogP contribution in [0.15, 0.2) is 91.0 Å². The van der Waals surface area contributed by atoms with E-state index in [1.165, 1.54) is 66.8 Å². The lowest BCUT2D eigenvalue weighted by molar-refractivity contribution is 0.660. The summed E-state index contributed by atoms with van der Waals surface area (Å²) in [7, 11) is 0. The molecule has 35 heavy (non-hydrogen) atoms. The quantitative estimate of drug-likeness (QED) is 0.252. The minimum Gasteiger partial charge on any atom is -0.313 e. The van der Waals surface area contributed by atoms with Gasteiger partial charge in [-0.05, 0) is 77.4 Å². The van der Waals surface area contributed by atoms with Gasteiger partial charge in [0, 0.05) is 27.7 Å². The summed E-state index contributed by atoms with van der Waals surface area (Å²) in [5.74, 6) is 0. The van der Waals surface area contributed by atoms with Gasteiger partial charge in [-0.2, -0.15) is 0 Å². The SMILES string of the molecule is Cc1ccc2c(c1)C(C)(C)c1cc(-c3ccc4c5c(n(-c6ccccc6)c4c3)CCC=C5)ccc1-2. The van der Waals surface area contributed by atoms with E-state index in [0.29, 0.717) is 0 Å². The van der Waals surface area contributed by atoms with Gasteiger partial charge in [0.2, 0.25) is 0 Å². The molecule has 0 unspecified atom stereocenters. The molecule has 0 fully saturated rings. The smallest absolute Gasteiger partial charge is 0.0543 e. The van der Waals surface area contributed by atoms with Gasteiger partial charge in [-0.15, -0.1) is 0 Å². The number of para-hydroxylation sites is 1. The Morgan fingerprint density at radius 1 is 0.743 bits per heavy atom. The molecule has 2 aliphatic rings. The van der Waals surface area contributed by atoms with Gasteiger partial charge in [-0.3, -0.25) is 0 Å². The zero-order valence-corrected chi connectivity index (χ0v) is 20.6. The van der Waals surface area contributed by atoms with Gasteiger partial charge in [0.1, 0.15) is 0 Å². The molecule has 1 nitrogen and oxygen atoms in total. The highest BCUT2D eigenvalue weighted by atomic mass is 15.0. The van der Waals surface area contributed by atoms with E-state index < -0.39 is 0 Å². The lowest BCUT2D eigenvalue weighted by Crippen LogP contribution is -2.15. The average molecular weight is 452 g/mol. The maximum absolute atomic E-state index is 2.48. The van der Waals surface area contributed by atoms with Gasteiger partial charge in [0.05, 0.1) is 5.52 Å². The van der Waals surface area contributed by atoms with Crippen molar-refractivity contribution >= 4 is 17.0 Å². The first-order valence-corrected chi connectivity index (χ1v) is 12.7. The second kappa shape index (κ2) is 7.33. The van der Waals surface area contributed by atoms with Crippen molar-refractivity contribution in [3.8, 4) is 27.9 Å². The number of aryl methyl sites for hydroxylation is 1. The van der Waals surface area contributed by atoms with E-state index in [1.807, 2.05) is 0 Å². The average Bonchev–Trinajstić information content (AvgIpc) is 3.33. The molecule has 0 bridgehead atoms. The Kier molecular flexibility index (Phi) is 4.30. The van der Waals surface area contributed by atoms with Crippen LogP contribution in [0.4, 0.5) is 0 Å². The van der Waals surface area contributed by atoms with Gasteiger partial charge >= 0.3 is 0 Å². The first-order chi connectivity index (χ1) is 17.0. The first-order valence-electron chi connectivity index (χ1n) is 12.7. The zero-order chi connectivity index (χ0) is 23.7. The molecule has 0 spiro atoms. The van der Waals surface area contributed by atoms with Crippen molar-refractivity contribution in [3.63, 3.8) is 0 Å². The molecule has 0 amide bonds. The Hall–Kier alpha value is -3.84. The molecule has 1 heterocycles. The van der Waals surface area contributed by atoms with E-state index >= 15 is 0 Å². The van der Waals surface area contributed by atoms with Crippen LogP contribution in [-0.2, 0) is 11.8 Å². The Morgan fingerprint density at radius 3 is 2.29 bits per heavy atom. The molecule has 170 valence electrons. The van der Waals surface area contributed by atoms with Crippen molar-refractivity contribution < 1.29 is 0 Å². The number of benzene rings is 4. The number of nitrogens with zero attached hydrogens (tertiary/aromatic N) is 1. The highest BCUT2D eigenvalue weighted by molar-refractivity contribution is 5.96. The topological polar surface area (TPSA) is 4.93 Å². The van der Waals surface area contributed by atoms with Gasteiger partial charge in [0.15, 0.2) is 0 Å². The van der Waals surface area contributed by atoms with E-state index in [0.717, 1.165) is 12.8 Å². The summed E-state index contributed by atoms with van der Waals surface area (Å²) in [6.45, 7) is 6.92. The third-order valence-corrected chi connectivity index (χ3v) is 8.12. The Morgan fingerprint density at radius 2 is 1.46 bits per heavy atom. The van der Waals surface area contributed by atoms with Crippen LogP contribution in [0.3, 0.4) is 0 Å². The van der Waals surface area contributed by atoms with E-state index in [-0.39, 0.29) is 5.41 Å². The van der Waals surface area contributed by atoms with Gasteiger partial charge in [-0.1, -0.05) is 92.2 Å². The van der Waals surface area contributed by atoms with Crippen LogP contribution < -0.4 is 0 Å². The summed E-state index contributed by atoms with van der Waals surface area (Å²) in [6, 6.07) is 31.8. The molecule has 2 aliphatic carbocycles. The molecule has 1 heteroatoms. The van der Waals surface area contributed by atoms with Crippen LogP contribution in [0.5, 0.6) is 0 Å². The van der Waals surface area contributed by atoms with Crippen LogP contribution >= 0.6 is 0 Å². The second-order valence-electron chi connectivity index (χ2n) is 10.6. The van der Waals surface area contributed by atoms with Crippen molar-refractivity contribution in [1.82, 2.24) is 4.57 Å². The minimum atomic E-state index is 0.00490. The van der Waals surface area contributed by atoms with Gasteiger partial charge in [-0.25, -0.2) is 0 Å². The molecule has 0 atom stereocenters. The highest BCUT2D eigenvalue weighted by Gasteiger charge is 2.35. The monoisotopic (exact) mass is 451 g/mol. The fourth-order valence-corrected chi connectivity index (χ4v) is 6.30. The highest BCUT2D eigenvalue weighted by Crippen LogP contribution is 2.50. The van der Waals surface area contributed by atoms with E-state index in [4.69, 9.17) is 0 Å². The number of aromatic nitrogens is 1. The molecule has 1 aromatic heterocycles. The van der Waals surface area contributed by atoms with Crippen LogP contribution in [0.25, 0.3) is 44.9 Å². The summed E-state index contributed by atoms with van der Waals surface area (Å²) in [5, 5.41) is 1.34. The second-order valence-corrected chi connectivity index (χ2v) is 10.6. The van der Waals surface area contributed by atoms with E-state index in [2.05, 4.69) is 122 Å². The number of hydrogen-bond acceptors (Lipinski definition) is 0. The summed E-state index contributed by atoms with van der Waals surface area (Å²) >= 11 is 0. The normalized spacial score (nSPS) is 15.2. The van der Waals surface area contributed by atoms with Crippen LogP contribution in [0.2, 0.25) is 0 Å². The molecule has 0 saturated heterocycles. The van der Waals surface area contributed by atoms with Crippen molar-refractivity contribution in [1.29, 1.82) is 0 Å². The molecule has 0 saturated carbocycles. The lowest BCUT2D eigenvalue weighted by Gasteiger charge is -2.22. The third kappa shape index (κ3) is 2.94. The fourth-order valence-electron chi connectivity index (χ4n) is 6.30. The first kappa shape index (κ1) is 20.5. The maximum Gasteiger partial charge on any atom is 0.0543 e. The molecule has 4 aromatic carbocycles. The maximum atomic E-state index is 2.48. The molecule has 7 rings (SSSR count). The van der Waals surface area contributed by atoms with Gasteiger partial charge in [0.25, 0.3) is 0 Å². The Balaban J connectivity index is 1.42. The Labute approximate surface area is 207 Å². The van der Waals surface area contributed by atoms with Crippen LogP contribution in [-0.4, -0.2) is 4.57 Å². The predicted octanol–water partition coefficient (Wildman–Crippen LogP) is 8.87. The molecular weight excluding hydrogens is 422 g/mol. The van der Waals surface area contributed by atoms with Crippen LogP contribution in [0, 0.1) is 6.92 Å². The van der Waals surface area contributed by atoms with Gasteiger partial charge < -0.3 is 4.57 Å². The number of fused-ring (bicyclic) bond motifs is 6. The number of allylic oxidation sites excluding steroid dienone is 1. The molecular formula is C34H29N. The molecule has 5 aromatic rings.